The fourth-order valence-corrected chi connectivity index (χ4v) is 3.47. The van der Waals surface area contributed by atoms with E-state index in [4.69, 9.17) is 4.42 Å². The van der Waals surface area contributed by atoms with E-state index in [-0.39, 0.29) is 23.5 Å². The first kappa shape index (κ1) is 20.9. The van der Waals surface area contributed by atoms with Crippen molar-refractivity contribution in [2.45, 2.75) is 19.9 Å². The van der Waals surface area contributed by atoms with Crippen LogP contribution in [-0.4, -0.2) is 62.0 Å². The van der Waals surface area contributed by atoms with Gasteiger partial charge in [0.1, 0.15) is 6.04 Å². The molecule has 0 spiro atoms. The fourth-order valence-electron chi connectivity index (χ4n) is 3.47. The topological polar surface area (TPSA) is 77.8 Å². The molecule has 1 unspecified atom stereocenters. The van der Waals surface area contributed by atoms with E-state index in [2.05, 4.69) is 44.7 Å². The molecule has 1 aromatic heterocycles. The number of carbonyl (C=O) groups excluding carboxylic acids is 2. The highest BCUT2D eigenvalue weighted by Crippen LogP contribution is 2.15. The van der Waals surface area contributed by atoms with Crippen LogP contribution in [0.25, 0.3) is 0 Å². The molecular formula is C22H30N4O3. The number of hydrogen-bond acceptors (Lipinski definition) is 5. The smallest absolute Gasteiger partial charge is 0.287 e. The third kappa shape index (κ3) is 5.84. The molecule has 1 aliphatic heterocycles. The first-order valence-electron chi connectivity index (χ1n) is 10.2. The Morgan fingerprint density at radius 1 is 1.03 bits per heavy atom. The summed E-state index contributed by atoms with van der Waals surface area (Å²) in [5, 5.41) is 5.73. The number of amides is 2. The van der Waals surface area contributed by atoms with Crippen LogP contribution in [-0.2, 0) is 4.79 Å². The highest BCUT2D eigenvalue weighted by atomic mass is 16.3. The lowest BCUT2D eigenvalue weighted by molar-refractivity contribution is -0.124. The van der Waals surface area contributed by atoms with Gasteiger partial charge >= 0.3 is 0 Å². The molecule has 29 heavy (non-hydrogen) atoms. The lowest BCUT2D eigenvalue weighted by Gasteiger charge is -2.36. The third-order valence-corrected chi connectivity index (χ3v) is 5.20. The van der Waals surface area contributed by atoms with Crippen molar-refractivity contribution in [3.8, 4) is 0 Å². The molecule has 1 atom stereocenters. The lowest BCUT2D eigenvalue weighted by Crippen LogP contribution is -2.52. The summed E-state index contributed by atoms with van der Waals surface area (Å²) < 4.78 is 5.10. The van der Waals surface area contributed by atoms with Gasteiger partial charge in [-0.1, -0.05) is 32.0 Å². The minimum absolute atomic E-state index is 0.0247. The summed E-state index contributed by atoms with van der Waals surface area (Å²) in [6.45, 7) is 9.07. The molecule has 7 nitrogen and oxygen atoms in total. The SMILES string of the molecule is CC(C)C(NC(=O)c1ccco1)C(=O)NCCN1CCN(c2ccccc2)CC1. The van der Waals surface area contributed by atoms with Gasteiger partial charge in [-0.25, -0.2) is 0 Å². The number of piperazine rings is 1. The van der Waals surface area contributed by atoms with Gasteiger partial charge in [0, 0.05) is 45.0 Å². The number of nitrogens with one attached hydrogen (secondary N) is 2. The number of anilines is 1. The van der Waals surface area contributed by atoms with Gasteiger partial charge in [-0.3, -0.25) is 14.5 Å². The van der Waals surface area contributed by atoms with Crippen molar-refractivity contribution in [1.29, 1.82) is 0 Å². The Bertz CT molecular complexity index is 769. The fraction of sp³-hybridized carbons (Fsp3) is 0.455. The maximum Gasteiger partial charge on any atom is 0.287 e. The van der Waals surface area contributed by atoms with Crippen molar-refractivity contribution in [3.05, 3.63) is 54.5 Å². The number of para-hydroxylation sites is 1. The molecule has 2 amide bonds. The summed E-state index contributed by atoms with van der Waals surface area (Å²) in [7, 11) is 0. The maximum atomic E-state index is 12.6. The van der Waals surface area contributed by atoms with E-state index >= 15 is 0 Å². The van der Waals surface area contributed by atoms with E-state index in [9.17, 15) is 9.59 Å². The normalized spacial score (nSPS) is 15.9. The van der Waals surface area contributed by atoms with Crippen LogP contribution in [0.3, 0.4) is 0 Å². The molecule has 7 heteroatoms. The summed E-state index contributed by atoms with van der Waals surface area (Å²) in [5.41, 5.74) is 1.26. The summed E-state index contributed by atoms with van der Waals surface area (Å²) in [4.78, 5) is 29.5. The molecular weight excluding hydrogens is 368 g/mol. The average Bonchev–Trinajstić information content (AvgIpc) is 3.28. The van der Waals surface area contributed by atoms with E-state index in [0.29, 0.717) is 6.54 Å². The number of nitrogens with zero attached hydrogens (tertiary/aromatic N) is 2. The van der Waals surface area contributed by atoms with Crippen LogP contribution in [0.1, 0.15) is 24.4 Å². The number of rotatable bonds is 8. The van der Waals surface area contributed by atoms with Crippen LogP contribution in [0, 0.1) is 5.92 Å². The van der Waals surface area contributed by atoms with E-state index in [1.807, 2.05) is 19.9 Å². The van der Waals surface area contributed by atoms with Gasteiger partial charge < -0.3 is 20.0 Å². The third-order valence-electron chi connectivity index (χ3n) is 5.20. The number of furan rings is 1. The Morgan fingerprint density at radius 2 is 1.76 bits per heavy atom. The molecule has 0 bridgehead atoms. The van der Waals surface area contributed by atoms with E-state index < -0.39 is 6.04 Å². The first-order valence-corrected chi connectivity index (χ1v) is 10.2. The van der Waals surface area contributed by atoms with Crippen LogP contribution in [0.5, 0.6) is 0 Å². The second-order valence-electron chi connectivity index (χ2n) is 7.63. The maximum absolute atomic E-state index is 12.6. The molecule has 1 fully saturated rings. The second-order valence-corrected chi connectivity index (χ2v) is 7.63. The molecule has 156 valence electrons. The second kappa shape index (κ2) is 10.1. The Morgan fingerprint density at radius 3 is 2.38 bits per heavy atom. The van der Waals surface area contributed by atoms with Crippen molar-refractivity contribution in [2.75, 3.05) is 44.2 Å². The molecule has 0 aliphatic carbocycles. The zero-order valence-electron chi connectivity index (χ0n) is 17.1. The molecule has 1 saturated heterocycles. The summed E-state index contributed by atoms with van der Waals surface area (Å²) in [6.07, 6.45) is 1.44. The summed E-state index contributed by atoms with van der Waals surface area (Å²) in [6, 6.07) is 13.1. The standard InChI is InChI=1S/C22H30N4O3/c1-17(2)20(24-21(27)19-9-6-16-29-19)22(28)23-10-11-25-12-14-26(15-13-25)18-7-4-3-5-8-18/h3-9,16-17,20H,10-15H2,1-2H3,(H,23,28)(H,24,27). The van der Waals surface area contributed by atoms with Crippen LogP contribution in [0.4, 0.5) is 5.69 Å². The monoisotopic (exact) mass is 398 g/mol. The van der Waals surface area contributed by atoms with Gasteiger partial charge in [-0.05, 0) is 30.2 Å². The Labute approximate surface area is 172 Å². The minimum atomic E-state index is -0.595. The van der Waals surface area contributed by atoms with E-state index in [1.54, 1.807) is 12.1 Å². The molecule has 1 aromatic carbocycles. The zero-order chi connectivity index (χ0) is 20.6. The van der Waals surface area contributed by atoms with Crippen LogP contribution in [0.2, 0.25) is 0 Å². The average molecular weight is 399 g/mol. The molecule has 2 aromatic rings. The molecule has 1 aliphatic rings. The number of benzene rings is 1. The number of hydrogen-bond donors (Lipinski definition) is 2. The molecule has 2 heterocycles. The molecule has 0 saturated carbocycles. The van der Waals surface area contributed by atoms with Gasteiger partial charge in [0.05, 0.1) is 6.26 Å². The minimum Gasteiger partial charge on any atom is -0.459 e. The van der Waals surface area contributed by atoms with Gasteiger partial charge in [0.25, 0.3) is 5.91 Å². The van der Waals surface area contributed by atoms with Gasteiger partial charge in [0.2, 0.25) is 5.91 Å². The lowest BCUT2D eigenvalue weighted by atomic mass is 10.0. The Balaban J connectivity index is 1.41. The molecule has 3 rings (SSSR count). The molecule has 0 radical (unpaired) electrons. The van der Waals surface area contributed by atoms with Crippen LogP contribution < -0.4 is 15.5 Å². The quantitative estimate of drug-likeness (QED) is 0.711. The largest absolute Gasteiger partial charge is 0.459 e. The van der Waals surface area contributed by atoms with Gasteiger partial charge in [0.15, 0.2) is 5.76 Å². The summed E-state index contributed by atoms with van der Waals surface area (Å²) >= 11 is 0. The van der Waals surface area contributed by atoms with Gasteiger partial charge in [-0.2, -0.15) is 0 Å². The Hall–Kier alpha value is -2.80. The Kier molecular flexibility index (Phi) is 7.30. The van der Waals surface area contributed by atoms with Crippen molar-refractivity contribution < 1.29 is 14.0 Å². The van der Waals surface area contributed by atoms with Crippen LogP contribution >= 0.6 is 0 Å². The van der Waals surface area contributed by atoms with E-state index in [1.165, 1.54) is 12.0 Å². The predicted octanol–water partition coefficient (Wildman–Crippen LogP) is 1.97. The highest BCUT2D eigenvalue weighted by molar-refractivity contribution is 5.95. The number of carbonyl (C=O) groups is 2. The van der Waals surface area contributed by atoms with Crippen molar-refractivity contribution in [2.24, 2.45) is 5.92 Å². The predicted molar refractivity (Wildman–Crippen MR) is 113 cm³/mol. The first-order chi connectivity index (χ1) is 14.0. The molecule has 2 N–H and O–H groups in total. The van der Waals surface area contributed by atoms with Crippen LogP contribution in [0.15, 0.2) is 53.1 Å². The van der Waals surface area contributed by atoms with Crippen molar-refractivity contribution in [1.82, 2.24) is 15.5 Å². The highest BCUT2D eigenvalue weighted by Gasteiger charge is 2.25. The zero-order valence-corrected chi connectivity index (χ0v) is 17.1. The van der Waals surface area contributed by atoms with Gasteiger partial charge in [-0.15, -0.1) is 0 Å². The van der Waals surface area contributed by atoms with Crippen molar-refractivity contribution in [3.63, 3.8) is 0 Å². The van der Waals surface area contributed by atoms with E-state index in [0.717, 1.165) is 32.7 Å². The van der Waals surface area contributed by atoms with Crippen molar-refractivity contribution >= 4 is 17.5 Å². The summed E-state index contributed by atoms with van der Waals surface area (Å²) in [5.74, 6) is -0.355.